The van der Waals surface area contributed by atoms with Gasteiger partial charge in [-0.25, -0.2) is 0 Å². The Bertz CT molecular complexity index is 96.2. The number of hydrogen-bond donors (Lipinski definition) is 1. The molecule has 0 rings (SSSR count). The van der Waals surface area contributed by atoms with Gasteiger partial charge >= 0.3 is 0 Å². The van der Waals surface area contributed by atoms with Crippen molar-refractivity contribution in [1.29, 1.82) is 0 Å². The molecule has 0 saturated carbocycles. The molecule has 0 aromatic heterocycles. The van der Waals surface area contributed by atoms with Gasteiger partial charge in [0.2, 0.25) is 0 Å². The van der Waals surface area contributed by atoms with Crippen LogP contribution in [-0.4, -0.2) is 30.7 Å². The maximum Gasteiger partial charge on any atom is 0.112 e. The third kappa shape index (κ3) is 9.98. The van der Waals surface area contributed by atoms with Crippen molar-refractivity contribution in [2.75, 3.05) is 6.61 Å². The van der Waals surface area contributed by atoms with Gasteiger partial charge in [-0.05, 0) is 34.1 Å². The molecule has 0 spiro atoms. The van der Waals surface area contributed by atoms with Gasteiger partial charge in [0.05, 0.1) is 5.60 Å². The molecule has 64 valence electrons. The maximum absolute atomic E-state index is 9.29. The van der Waals surface area contributed by atoms with Crippen LogP contribution in [0.5, 0.6) is 0 Å². The smallest absolute Gasteiger partial charge is 0.112 e. The number of ether oxygens (including phenoxy) is 1. The minimum Gasteiger partial charge on any atom is -0.390 e. The average Bonchev–Trinajstić information content (AvgIpc) is 1.55. The largest absolute Gasteiger partial charge is 0.390 e. The Hall–Kier alpha value is -0.0151. The van der Waals surface area contributed by atoms with Crippen LogP contribution in [0.15, 0.2) is 0 Å². The molecule has 0 bridgehead atoms. The van der Waals surface area contributed by atoms with E-state index < -0.39 is 11.1 Å². The van der Waals surface area contributed by atoms with E-state index in [0.29, 0.717) is 13.0 Å². The summed E-state index contributed by atoms with van der Waals surface area (Å²) in [4.78, 5) is 0. The zero-order valence-electron chi connectivity index (χ0n) is 7.85. The summed E-state index contributed by atoms with van der Waals surface area (Å²) in [5.41, 5.74) is -1.25. The second kappa shape index (κ2) is 3.59. The van der Waals surface area contributed by atoms with Crippen LogP contribution in [0.2, 0.25) is 0 Å². The first kappa shape index (κ1) is 11.0. The first-order valence-corrected chi connectivity index (χ1v) is 3.86. The van der Waals surface area contributed by atoms with Gasteiger partial charge in [0, 0.05) is 12.1 Å². The molecule has 0 heterocycles. The fourth-order valence-electron chi connectivity index (χ4n) is 0.564. The monoisotopic (exact) mass is 156 g/mol. The average molecular weight is 156 g/mol. The first-order chi connectivity index (χ1) is 4.71. The van der Waals surface area contributed by atoms with Crippen LogP contribution in [0, 0.1) is 0 Å². The molecule has 0 aromatic carbocycles. The van der Waals surface area contributed by atoms with Crippen LogP contribution < -0.4 is 0 Å². The molecule has 0 fully saturated rings. The second-order valence-corrected chi connectivity index (χ2v) is 4.01. The molecular weight excluding hydrogens is 139 g/mol. The maximum atomic E-state index is 9.29. The normalized spacial score (nSPS) is 13.5. The fourth-order valence-corrected chi connectivity index (χ4v) is 0.564. The van der Waals surface area contributed by atoms with Gasteiger partial charge in [0.1, 0.15) is 7.85 Å². The Kier molecular flexibility index (Phi) is 3.58. The van der Waals surface area contributed by atoms with E-state index in [1.54, 1.807) is 27.7 Å². The molecule has 0 aliphatic heterocycles. The molecule has 0 saturated heterocycles. The summed E-state index contributed by atoms with van der Waals surface area (Å²) in [7, 11) is 5.56. The van der Waals surface area contributed by atoms with E-state index in [2.05, 4.69) is 0 Å². The second-order valence-electron chi connectivity index (χ2n) is 4.01. The fraction of sp³-hybridized carbons (Fsp3) is 1.00. The standard InChI is InChI=1S/C8H17BO2/c1-7(2,10)5-6-11-8(3,4)9/h10H,5-6H2,1-4H3. The zero-order chi connectivity index (χ0) is 9.12. The molecule has 0 aliphatic rings. The van der Waals surface area contributed by atoms with E-state index in [1.807, 2.05) is 0 Å². The van der Waals surface area contributed by atoms with E-state index in [4.69, 9.17) is 12.6 Å². The topological polar surface area (TPSA) is 29.5 Å². The Labute approximate surface area is 70.4 Å². The van der Waals surface area contributed by atoms with Gasteiger partial charge in [-0.2, -0.15) is 0 Å². The Morgan fingerprint density at radius 3 is 2.00 bits per heavy atom. The lowest BCUT2D eigenvalue weighted by Gasteiger charge is -2.23. The van der Waals surface area contributed by atoms with Gasteiger partial charge in [-0.15, -0.1) is 0 Å². The molecule has 1 N–H and O–H groups in total. The molecule has 0 aromatic rings. The molecule has 2 nitrogen and oxygen atoms in total. The molecule has 3 heteroatoms. The highest BCUT2D eigenvalue weighted by Gasteiger charge is 2.15. The number of hydrogen-bond acceptors (Lipinski definition) is 2. The Balaban J connectivity index is 3.44. The SMILES string of the molecule is [B]C(C)(C)OCCC(C)(C)O. The molecule has 0 unspecified atom stereocenters. The van der Waals surface area contributed by atoms with E-state index in [9.17, 15) is 5.11 Å². The predicted octanol–water partition coefficient (Wildman–Crippen LogP) is 1.07. The van der Waals surface area contributed by atoms with Gasteiger partial charge in [0.25, 0.3) is 0 Å². The Morgan fingerprint density at radius 1 is 1.27 bits per heavy atom. The lowest BCUT2D eigenvalue weighted by atomic mass is 9.86. The van der Waals surface area contributed by atoms with Crippen LogP contribution in [0.4, 0.5) is 0 Å². The van der Waals surface area contributed by atoms with E-state index in [1.165, 1.54) is 0 Å². The van der Waals surface area contributed by atoms with Crippen molar-refractivity contribution in [3.05, 3.63) is 0 Å². The van der Waals surface area contributed by atoms with Crippen LogP contribution in [0.3, 0.4) is 0 Å². The summed E-state index contributed by atoms with van der Waals surface area (Å²) >= 11 is 0. The lowest BCUT2D eigenvalue weighted by molar-refractivity contribution is -0.00603. The summed E-state index contributed by atoms with van der Waals surface area (Å²) in [6, 6.07) is 0. The lowest BCUT2D eigenvalue weighted by Crippen LogP contribution is -2.28. The highest BCUT2D eigenvalue weighted by atomic mass is 16.5. The summed E-state index contributed by atoms with van der Waals surface area (Å²) in [5, 5.41) is 9.29. The minimum atomic E-state index is -0.661. The number of rotatable bonds is 4. The van der Waals surface area contributed by atoms with E-state index in [0.717, 1.165) is 0 Å². The van der Waals surface area contributed by atoms with Gasteiger partial charge in [0.15, 0.2) is 0 Å². The van der Waals surface area contributed by atoms with Crippen molar-refractivity contribution in [3.8, 4) is 0 Å². The van der Waals surface area contributed by atoms with Gasteiger partial charge in [-0.3, -0.25) is 0 Å². The highest BCUT2D eigenvalue weighted by Crippen LogP contribution is 2.10. The Morgan fingerprint density at radius 2 is 1.73 bits per heavy atom. The van der Waals surface area contributed by atoms with Crippen LogP contribution >= 0.6 is 0 Å². The van der Waals surface area contributed by atoms with Gasteiger partial charge in [-0.1, -0.05) is 0 Å². The van der Waals surface area contributed by atoms with Crippen LogP contribution in [0.1, 0.15) is 34.1 Å². The van der Waals surface area contributed by atoms with E-state index in [-0.39, 0.29) is 0 Å². The van der Waals surface area contributed by atoms with Crippen molar-refractivity contribution in [2.45, 2.75) is 45.2 Å². The van der Waals surface area contributed by atoms with Crippen LogP contribution in [0.25, 0.3) is 0 Å². The molecule has 11 heavy (non-hydrogen) atoms. The van der Waals surface area contributed by atoms with Crippen molar-refractivity contribution >= 4 is 7.85 Å². The minimum absolute atomic E-state index is 0.493. The summed E-state index contributed by atoms with van der Waals surface area (Å²) < 4.78 is 5.22. The van der Waals surface area contributed by atoms with E-state index >= 15 is 0 Å². The molecule has 0 amide bonds. The van der Waals surface area contributed by atoms with Crippen molar-refractivity contribution in [3.63, 3.8) is 0 Å². The summed E-state index contributed by atoms with van der Waals surface area (Å²) in [5.74, 6) is 0. The van der Waals surface area contributed by atoms with Crippen molar-refractivity contribution in [1.82, 2.24) is 0 Å². The number of aliphatic hydroxyl groups is 1. The van der Waals surface area contributed by atoms with Crippen molar-refractivity contribution in [2.24, 2.45) is 0 Å². The summed E-state index contributed by atoms with van der Waals surface area (Å²) in [6.45, 7) is 7.57. The molecule has 0 aliphatic carbocycles. The quantitative estimate of drug-likeness (QED) is 0.617. The molecule has 2 radical (unpaired) electrons. The van der Waals surface area contributed by atoms with Gasteiger partial charge < -0.3 is 9.84 Å². The third-order valence-electron chi connectivity index (χ3n) is 1.19. The first-order valence-electron chi connectivity index (χ1n) is 3.86. The highest BCUT2D eigenvalue weighted by molar-refractivity contribution is 6.13. The predicted molar refractivity (Wildman–Crippen MR) is 46.7 cm³/mol. The molecular formula is C8H17BO2. The van der Waals surface area contributed by atoms with Crippen LogP contribution in [-0.2, 0) is 4.74 Å². The summed E-state index contributed by atoms with van der Waals surface area (Å²) in [6.07, 6.45) is 0.605. The zero-order valence-corrected chi connectivity index (χ0v) is 7.85. The third-order valence-corrected chi connectivity index (χ3v) is 1.19. The molecule has 0 atom stereocenters. The van der Waals surface area contributed by atoms with Crippen molar-refractivity contribution < 1.29 is 9.84 Å².